The van der Waals surface area contributed by atoms with E-state index in [1.807, 2.05) is 6.07 Å². The van der Waals surface area contributed by atoms with E-state index in [1.54, 1.807) is 49.4 Å². The van der Waals surface area contributed by atoms with Gasteiger partial charge in [-0.3, -0.25) is 9.59 Å². The van der Waals surface area contributed by atoms with Crippen LogP contribution in [0.1, 0.15) is 22.8 Å². The number of carbonyl (C=O) groups excluding carboxylic acids is 2. The molecule has 0 saturated heterocycles. The van der Waals surface area contributed by atoms with Crippen molar-refractivity contribution >= 4 is 29.3 Å². The summed E-state index contributed by atoms with van der Waals surface area (Å²) < 4.78 is 0. The maximum atomic E-state index is 12.6. The van der Waals surface area contributed by atoms with Crippen LogP contribution >= 0.6 is 0 Å². The molecule has 1 atom stereocenters. The number of carboxylic acid groups (broad SMARTS) is 1. The van der Waals surface area contributed by atoms with E-state index in [0.717, 1.165) is 0 Å². The molecule has 2 rings (SSSR count). The van der Waals surface area contributed by atoms with Crippen LogP contribution in [0.25, 0.3) is 0 Å². The van der Waals surface area contributed by atoms with Gasteiger partial charge < -0.3 is 21.1 Å². The fraction of sp³-hybridized carbons (Fsp3) is 0.167. The van der Waals surface area contributed by atoms with E-state index in [-0.39, 0.29) is 5.91 Å². The van der Waals surface area contributed by atoms with Gasteiger partial charge in [-0.1, -0.05) is 30.3 Å². The summed E-state index contributed by atoms with van der Waals surface area (Å²) in [6.07, 6.45) is -1.30. The minimum Gasteiger partial charge on any atom is -0.465 e. The van der Waals surface area contributed by atoms with Gasteiger partial charge in [0.1, 0.15) is 6.04 Å². The minimum atomic E-state index is -1.30. The Balaban J connectivity index is 2.22. The molecule has 7 heteroatoms. The van der Waals surface area contributed by atoms with Gasteiger partial charge in [-0.25, -0.2) is 4.79 Å². The van der Waals surface area contributed by atoms with E-state index in [1.165, 1.54) is 6.92 Å². The Hall–Kier alpha value is -3.35. The predicted molar refractivity (Wildman–Crippen MR) is 94.8 cm³/mol. The van der Waals surface area contributed by atoms with Crippen LogP contribution in [-0.2, 0) is 4.79 Å². The molecule has 0 radical (unpaired) electrons. The van der Waals surface area contributed by atoms with Crippen molar-refractivity contribution in [1.82, 2.24) is 5.32 Å². The minimum absolute atomic E-state index is 0.317. The third-order valence-electron chi connectivity index (χ3n) is 3.52. The topological polar surface area (TPSA) is 108 Å². The molecule has 2 aromatic carbocycles. The average Bonchev–Trinajstić information content (AvgIpc) is 2.55. The van der Waals surface area contributed by atoms with Gasteiger partial charge in [-0.15, -0.1) is 0 Å². The average molecular weight is 341 g/mol. The highest BCUT2D eigenvalue weighted by Gasteiger charge is 2.20. The van der Waals surface area contributed by atoms with Gasteiger partial charge in [0.05, 0.1) is 11.3 Å². The van der Waals surface area contributed by atoms with Crippen LogP contribution in [0.5, 0.6) is 0 Å². The number of rotatable bonds is 5. The molecule has 0 fully saturated rings. The highest BCUT2D eigenvalue weighted by Crippen LogP contribution is 2.21. The zero-order chi connectivity index (χ0) is 18.4. The van der Waals surface area contributed by atoms with E-state index in [2.05, 4.69) is 16.0 Å². The van der Waals surface area contributed by atoms with Gasteiger partial charge >= 0.3 is 6.09 Å². The van der Waals surface area contributed by atoms with E-state index in [9.17, 15) is 14.4 Å². The summed E-state index contributed by atoms with van der Waals surface area (Å²) in [6, 6.07) is 13.1. The Labute approximate surface area is 145 Å². The van der Waals surface area contributed by atoms with E-state index in [0.29, 0.717) is 22.5 Å². The van der Waals surface area contributed by atoms with E-state index < -0.39 is 18.0 Å². The van der Waals surface area contributed by atoms with Crippen LogP contribution in [0.4, 0.5) is 16.2 Å². The molecule has 1 unspecified atom stereocenters. The van der Waals surface area contributed by atoms with Crippen molar-refractivity contribution in [3.05, 3.63) is 59.7 Å². The number of anilines is 2. The van der Waals surface area contributed by atoms with Crippen molar-refractivity contribution in [1.29, 1.82) is 0 Å². The molecule has 0 saturated carbocycles. The van der Waals surface area contributed by atoms with Gasteiger partial charge in [0.25, 0.3) is 5.91 Å². The van der Waals surface area contributed by atoms with Crippen molar-refractivity contribution < 1.29 is 19.5 Å². The fourth-order valence-electron chi connectivity index (χ4n) is 2.28. The number of hydrogen-bond donors (Lipinski definition) is 4. The third kappa shape index (κ3) is 4.81. The van der Waals surface area contributed by atoms with Gasteiger partial charge in [0, 0.05) is 5.69 Å². The quantitative estimate of drug-likeness (QED) is 0.670. The van der Waals surface area contributed by atoms with Crippen molar-refractivity contribution in [2.75, 3.05) is 10.6 Å². The van der Waals surface area contributed by atoms with Crippen LogP contribution in [0.3, 0.4) is 0 Å². The summed E-state index contributed by atoms with van der Waals surface area (Å²) in [6.45, 7) is 3.18. The molecule has 7 nitrogen and oxygen atoms in total. The highest BCUT2D eigenvalue weighted by atomic mass is 16.4. The molecular formula is C18H19N3O4. The van der Waals surface area contributed by atoms with Gasteiger partial charge in [-0.2, -0.15) is 0 Å². The van der Waals surface area contributed by atoms with Crippen molar-refractivity contribution in [3.8, 4) is 0 Å². The molecule has 0 heterocycles. The lowest BCUT2D eigenvalue weighted by atomic mass is 10.0. The van der Waals surface area contributed by atoms with E-state index >= 15 is 0 Å². The van der Waals surface area contributed by atoms with Gasteiger partial charge in [0.2, 0.25) is 5.91 Å². The first kappa shape index (κ1) is 18.0. The molecule has 25 heavy (non-hydrogen) atoms. The van der Waals surface area contributed by atoms with Crippen LogP contribution in [0, 0.1) is 6.92 Å². The van der Waals surface area contributed by atoms with Crippen molar-refractivity contribution in [2.45, 2.75) is 19.9 Å². The summed E-state index contributed by atoms with van der Waals surface area (Å²) in [7, 11) is 0. The normalized spacial score (nSPS) is 11.3. The molecule has 4 N–H and O–H groups in total. The molecule has 0 aliphatic carbocycles. The summed E-state index contributed by atoms with van der Waals surface area (Å²) in [5.74, 6) is -0.916. The van der Waals surface area contributed by atoms with Crippen LogP contribution in [0.2, 0.25) is 0 Å². The Bertz CT molecular complexity index is 790. The maximum absolute atomic E-state index is 12.6. The lowest BCUT2D eigenvalue weighted by Crippen LogP contribution is -2.41. The molecule has 0 aromatic heterocycles. The first-order valence-corrected chi connectivity index (χ1v) is 7.65. The molecule has 0 aliphatic heterocycles. The van der Waals surface area contributed by atoms with Crippen LogP contribution < -0.4 is 16.0 Å². The van der Waals surface area contributed by atoms with Crippen molar-refractivity contribution in [3.63, 3.8) is 0 Å². The molecule has 3 amide bonds. The second-order valence-electron chi connectivity index (χ2n) is 5.48. The Morgan fingerprint density at radius 1 is 0.960 bits per heavy atom. The summed E-state index contributed by atoms with van der Waals surface area (Å²) in [5.41, 5.74) is 1.96. The van der Waals surface area contributed by atoms with Crippen LogP contribution in [-0.4, -0.2) is 29.1 Å². The second kappa shape index (κ2) is 7.96. The summed E-state index contributed by atoms with van der Waals surface area (Å²) >= 11 is 0. The standard InChI is InChI=1S/C18H19N3O4/c1-11-7-6-10-14(21-16(22)12(2)19-18(24)25)15(11)17(23)20-13-8-4-3-5-9-13/h3-10,12,19H,1-2H3,(H,20,23)(H,21,22)(H,24,25). The molecular weight excluding hydrogens is 322 g/mol. The van der Waals surface area contributed by atoms with Crippen LogP contribution in [0.15, 0.2) is 48.5 Å². The number of nitrogens with one attached hydrogen (secondary N) is 3. The SMILES string of the molecule is Cc1cccc(NC(=O)C(C)NC(=O)O)c1C(=O)Nc1ccccc1. The molecule has 2 aromatic rings. The number of benzene rings is 2. The summed E-state index contributed by atoms with van der Waals surface area (Å²) in [4.78, 5) is 35.4. The fourth-order valence-corrected chi connectivity index (χ4v) is 2.28. The molecule has 0 spiro atoms. The zero-order valence-corrected chi connectivity index (χ0v) is 13.9. The number of amides is 3. The lowest BCUT2D eigenvalue weighted by molar-refractivity contribution is -0.117. The number of aryl methyl sites for hydroxylation is 1. The first-order chi connectivity index (χ1) is 11.9. The molecule has 0 aliphatic rings. The molecule has 0 bridgehead atoms. The predicted octanol–water partition coefficient (Wildman–Crippen LogP) is 2.84. The Kier molecular flexibility index (Phi) is 5.73. The zero-order valence-electron chi connectivity index (χ0n) is 13.9. The number of hydrogen-bond acceptors (Lipinski definition) is 3. The number of carbonyl (C=O) groups is 3. The largest absolute Gasteiger partial charge is 0.465 e. The third-order valence-corrected chi connectivity index (χ3v) is 3.52. The number of para-hydroxylation sites is 1. The van der Waals surface area contributed by atoms with E-state index in [4.69, 9.17) is 5.11 Å². The maximum Gasteiger partial charge on any atom is 0.405 e. The van der Waals surface area contributed by atoms with Gasteiger partial charge in [-0.05, 0) is 37.6 Å². The molecule has 130 valence electrons. The highest BCUT2D eigenvalue weighted by molar-refractivity contribution is 6.11. The Morgan fingerprint density at radius 3 is 2.28 bits per heavy atom. The second-order valence-corrected chi connectivity index (χ2v) is 5.48. The lowest BCUT2D eigenvalue weighted by Gasteiger charge is -2.16. The summed E-state index contributed by atoms with van der Waals surface area (Å²) in [5, 5.41) is 16.1. The first-order valence-electron chi connectivity index (χ1n) is 7.65. The Morgan fingerprint density at radius 2 is 1.64 bits per heavy atom. The van der Waals surface area contributed by atoms with Gasteiger partial charge in [0.15, 0.2) is 0 Å². The van der Waals surface area contributed by atoms with Crippen molar-refractivity contribution in [2.24, 2.45) is 0 Å². The monoisotopic (exact) mass is 341 g/mol. The smallest absolute Gasteiger partial charge is 0.405 e.